The second-order valence-electron chi connectivity index (χ2n) is 5.84. The molecule has 0 aliphatic carbocycles. The Kier molecular flexibility index (Phi) is 5.64. The third kappa shape index (κ3) is 4.81. The van der Waals surface area contributed by atoms with Gasteiger partial charge in [0.25, 0.3) is 5.91 Å². The van der Waals surface area contributed by atoms with E-state index in [1.165, 1.54) is 0 Å². The molecule has 6 nitrogen and oxygen atoms in total. The number of hydrogen-bond donors (Lipinski definition) is 3. The number of urea groups is 1. The van der Waals surface area contributed by atoms with Crippen LogP contribution >= 0.6 is 0 Å². The largest absolute Gasteiger partial charge is 0.376 e. The summed E-state index contributed by atoms with van der Waals surface area (Å²) in [6.45, 7) is 1.22. The van der Waals surface area contributed by atoms with Crippen LogP contribution in [0, 0.1) is 0 Å². The first-order valence-electron chi connectivity index (χ1n) is 8.34. The number of anilines is 2. The Morgan fingerprint density at radius 3 is 2.52 bits per heavy atom. The van der Waals surface area contributed by atoms with E-state index < -0.39 is 6.03 Å². The van der Waals surface area contributed by atoms with E-state index in [9.17, 15) is 9.59 Å². The molecule has 0 spiro atoms. The summed E-state index contributed by atoms with van der Waals surface area (Å²) in [5.74, 6) is -0.230. The highest BCUT2D eigenvalue weighted by Crippen LogP contribution is 2.16. The van der Waals surface area contributed by atoms with Crippen molar-refractivity contribution in [3.05, 3.63) is 60.2 Å². The monoisotopic (exact) mass is 339 g/mol. The van der Waals surface area contributed by atoms with Crippen molar-refractivity contribution < 1.29 is 14.3 Å². The average Bonchev–Trinajstić information content (AvgIpc) is 3.14. The summed E-state index contributed by atoms with van der Waals surface area (Å²) < 4.78 is 5.51. The molecular weight excluding hydrogens is 318 g/mol. The van der Waals surface area contributed by atoms with Crippen LogP contribution in [0.15, 0.2) is 54.6 Å². The number of carbonyl (C=O) groups excluding carboxylic acids is 2. The smallest absolute Gasteiger partial charge is 0.323 e. The van der Waals surface area contributed by atoms with Gasteiger partial charge in [-0.15, -0.1) is 0 Å². The average molecular weight is 339 g/mol. The van der Waals surface area contributed by atoms with E-state index >= 15 is 0 Å². The molecule has 3 N–H and O–H groups in total. The highest BCUT2D eigenvalue weighted by Gasteiger charge is 2.18. The van der Waals surface area contributed by atoms with Crippen LogP contribution in [0.1, 0.15) is 23.2 Å². The minimum Gasteiger partial charge on any atom is -0.376 e. The van der Waals surface area contributed by atoms with Crippen molar-refractivity contribution in [2.45, 2.75) is 18.9 Å². The first-order valence-corrected chi connectivity index (χ1v) is 8.34. The van der Waals surface area contributed by atoms with Gasteiger partial charge in [-0.3, -0.25) is 4.79 Å². The second-order valence-corrected chi connectivity index (χ2v) is 5.84. The van der Waals surface area contributed by atoms with Crippen molar-refractivity contribution in [2.24, 2.45) is 0 Å². The zero-order chi connectivity index (χ0) is 17.5. The summed E-state index contributed by atoms with van der Waals surface area (Å²) in [7, 11) is 0. The highest BCUT2D eigenvalue weighted by atomic mass is 16.5. The molecule has 0 radical (unpaired) electrons. The summed E-state index contributed by atoms with van der Waals surface area (Å²) in [6.07, 6.45) is 2.06. The van der Waals surface area contributed by atoms with Crippen LogP contribution in [0.25, 0.3) is 0 Å². The molecule has 130 valence electrons. The van der Waals surface area contributed by atoms with Crippen molar-refractivity contribution in [1.82, 2.24) is 5.32 Å². The van der Waals surface area contributed by atoms with Gasteiger partial charge in [-0.05, 0) is 37.1 Å². The Morgan fingerprint density at radius 2 is 1.76 bits per heavy atom. The molecule has 25 heavy (non-hydrogen) atoms. The van der Waals surface area contributed by atoms with Gasteiger partial charge in [0.05, 0.1) is 17.4 Å². The molecule has 0 bridgehead atoms. The van der Waals surface area contributed by atoms with E-state index in [1.54, 1.807) is 36.4 Å². The lowest BCUT2D eigenvalue weighted by Gasteiger charge is -2.14. The maximum atomic E-state index is 12.4. The molecule has 0 unspecified atom stereocenters. The standard InChI is InChI=1S/C19H21N3O3/c23-18(20-13-15-9-6-12-25-15)16-10-4-5-11-17(16)22-19(24)21-14-7-2-1-3-8-14/h1-5,7-8,10-11,15H,6,9,12-13H2,(H,20,23)(H2,21,22,24)/t15-/m0/s1. The number of carbonyl (C=O) groups is 2. The summed E-state index contributed by atoms with van der Waals surface area (Å²) in [4.78, 5) is 24.6. The summed E-state index contributed by atoms with van der Waals surface area (Å²) >= 11 is 0. The molecule has 1 heterocycles. The molecule has 2 aromatic rings. The SMILES string of the molecule is O=C(Nc1ccccc1)Nc1ccccc1C(=O)NC[C@@H]1CCCO1. The zero-order valence-electron chi connectivity index (χ0n) is 13.8. The summed E-state index contributed by atoms with van der Waals surface area (Å²) in [6, 6.07) is 15.6. The van der Waals surface area contributed by atoms with Crippen molar-refractivity contribution in [3.63, 3.8) is 0 Å². The first-order chi connectivity index (χ1) is 12.2. The van der Waals surface area contributed by atoms with Crippen molar-refractivity contribution in [3.8, 4) is 0 Å². The third-order valence-corrected chi connectivity index (χ3v) is 3.97. The van der Waals surface area contributed by atoms with Gasteiger partial charge in [-0.1, -0.05) is 30.3 Å². The normalized spacial score (nSPS) is 16.2. The molecule has 3 amide bonds. The number of rotatable bonds is 5. The fraction of sp³-hybridized carbons (Fsp3) is 0.263. The van der Waals surface area contributed by atoms with E-state index in [0.717, 1.165) is 19.4 Å². The Labute approximate surface area is 146 Å². The number of ether oxygens (including phenoxy) is 1. The van der Waals surface area contributed by atoms with Crippen molar-refractivity contribution in [2.75, 3.05) is 23.8 Å². The molecule has 1 atom stereocenters. The fourth-order valence-corrected chi connectivity index (χ4v) is 2.70. The lowest BCUT2D eigenvalue weighted by atomic mass is 10.1. The minimum absolute atomic E-state index is 0.0745. The predicted molar refractivity (Wildman–Crippen MR) is 96.8 cm³/mol. The van der Waals surface area contributed by atoms with Gasteiger partial charge < -0.3 is 20.7 Å². The van der Waals surface area contributed by atoms with Crippen LogP contribution in [-0.2, 0) is 4.74 Å². The Balaban J connectivity index is 1.61. The maximum Gasteiger partial charge on any atom is 0.323 e. The van der Waals surface area contributed by atoms with Gasteiger partial charge >= 0.3 is 6.03 Å². The molecule has 0 aromatic heterocycles. The van der Waals surface area contributed by atoms with E-state index in [4.69, 9.17) is 4.74 Å². The number of benzene rings is 2. The van der Waals surface area contributed by atoms with Gasteiger partial charge in [0.2, 0.25) is 0 Å². The van der Waals surface area contributed by atoms with Crippen LogP contribution in [0.5, 0.6) is 0 Å². The van der Waals surface area contributed by atoms with E-state index in [-0.39, 0.29) is 12.0 Å². The van der Waals surface area contributed by atoms with E-state index in [1.807, 2.05) is 18.2 Å². The molecule has 2 aromatic carbocycles. The Bertz CT molecular complexity index is 728. The number of nitrogens with one attached hydrogen (secondary N) is 3. The lowest BCUT2D eigenvalue weighted by Crippen LogP contribution is -2.32. The molecule has 3 rings (SSSR count). The van der Waals surface area contributed by atoms with Gasteiger partial charge in [0.15, 0.2) is 0 Å². The van der Waals surface area contributed by atoms with Crippen LogP contribution in [0.4, 0.5) is 16.2 Å². The molecule has 1 fully saturated rings. The Hall–Kier alpha value is -2.86. The minimum atomic E-state index is -0.398. The topological polar surface area (TPSA) is 79.5 Å². The third-order valence-electron chi connectivity index (χ3n) is 3.97. The zero-order valence-corrected chi connectivity index (χ0v) is 13.8. The Morgan fingerprint density at radius 1 is 1.00 bits per heavy atom. The van der Waals surface area contributed by atoms with E-state index in [0.29, 0.717) is 23.5 Å². The number of para-hydroxylation sites is 2. The summed E-state index contributed by atoms with van der Waals surface area (Å²) in [5.41, 5.74) is 1.56. The first kappa shape index (κ1) is 17.0. The predicted octanol–water partition coefficient (Wildman–Crippen LogP) is 3.24. The number of hydrogen-bond acceptors (Lipinski definition) is 3. The quantitative estimate of drug-likeness (QED) is 0.782. The lowest BCUT2D eigenvalue weighted by molar-refractivity contribution is 0.0858. The highest BCUT2D eigenvalue weighted by molar-refractivity contribution is 6.06. The number of amides is 3. The van der Waals surface area contributed by atoms with Crippen LogP contribution in [-0.4, -0.2) is 31.2 Å². The van der Waals surface area contributed by atoms with Gasteiger partial charge in [0, 0.05) is 18.8 Å². The second kappa shape index (κ2) is 8.30. The molecule has 1 aliphatic heterocycles. The van der Waals surface area contributed by atoms with E-state index in [2.05, 4.69) is 16.0 Å². The van der Waals surface area contributed by atoms with Gasteiger partial charge in [-0.25, -0.2) is 4.79 Å². The fourth-order valence-electron chi connectivity index (χ4n) is 2.70. The van der Waals surface area contributed by atoms with Crippen molar-refractivity contribution in [1.29, 1.82) is 0 Å². The van der Waals surface area contributed by atoms with Crippen LogP contribution in [0.2, 0.25) is 0 Å². The van der Waals surface area contributed by atoms with Gasteiger partial charge in [-0.2, -0.15) is 0 Å². The maximum absolute atomic E-state index is 12.4. The molecular formula is C19H21N3O3. The van der Waals surface area contributed by atoms with Gasteiger partial charge in [0.1, 0.15) is 0 Å². The molecule has 0 saturated carbocycles. The molecule has 1 saturated heterocycles. The van der Waals surface area contributed by atoms with Crippen molar-refractivity contribution >= 4 is 23.3 Å². The molecule has 1 aliphatic rings. The van der Waals surface area contributed by atoms with Crippen LogP contribution < -0.4 is 16.0 Å². The van der Waals surface area contributed by atoms with Crippen LogP contribution in [0.3, 0.4) is 0 Å². The summed E-state index contributed by atoms with van der Waals surface area (Å²) in [5, 5.41) is 8.33. The molecule has 6 heteroatoms.